The van der Waals surface area contributed by atoms with Crippen LogP contribution in [-0.4, -0.2) is 37.0 Å². The summed E-state index contributed by atoms with van der Waals surface area (Å²) in [6.07, 6.45) is 1.38. The maximum atomic E-state index is 13.2. The Kier molecular flexibility index (Phi) is 8.10. The Morgan fingerprint density at radius 3 is 2.33 bits per heavy atom. The van der Waals surface area contributed by atoms with Crippen molar-refractivity contribution in [3.63, 3.8) is 0 Å². The lowest BCUT2D eigenvalue weighted by Crippen LogP contribution is -2.54. The van der Waals surface area contributed by atoms with Gasteiger partial charge in [0.1, 0.15) is 5.57 Å². The van der Waals surface area contributed by atoms with Gasteiger partial charge in [0.15, 0.2) is 18.1 Å². The van der Waals surface area contributed by atoms with E-state index >= 15 is 0 Å². The highest BCUT2D eigenvalue weighted by molar-refractivity contribution is 6.39. The van der Waals surface area contributed by atoms with Crippen LogP contribution in [0, 0.1) is 20.8 Å². The van der Waals surface area contributed by atoms with E-state index < -0.39 is 17.8 Å². The first-order valence-corrected chi connectivity index (χ1v) is 12.4. The Labute approximate surface area is 226 Å². The first-order chi connectivity index (χ1) is 18.7. The molecule has 3 aromatic rings. The molecule has 0 bridgehead atoms. The van der Waals surface area contributed by atoms with Crippen molar-refractivity contribution in [2.75, 3.05) is 23.4 Å². The van der Waals surface area contributed by atoms with Gasteiger partial charge in [-0.15, -0.1) is 0 Å². The monoisotopic (exact) mass is 527 g/mol. The third-order valence-corrected chi connectivity index (χ3v) is 6.12. The first-order valence-electron chi connectivity index (χ1n) is 12.4. The maximum absolute atomic E-state index is 13.2. The molecule has 0 aliphatic carbocycles. The quantitative estimate of drug-likeness (QED) is 0.324. The average Bonchev–Trinajstić information content (AvgIpc) is 2.89. The Bertz CT molecular complexity index is 1480. The van der Waals surface area contributed by atoms with Crippen LogP contribution in [0.1, 0.15) is 29.2 Å². The number of amides is 5. The van der Waals surface area contributed by atoms with Crippen molar-refractivity contribution in [2.24, 2.45) is 0 Å². The van der Waals surface area contributed by atoms with Crippen molar-refractivity contribution in [2.45, 2.75) is 27.7 Å². The molecule has 1 aliphatic rings. The van der Waals surface area contributed by atoms with E-state index in [9.17, 15) is 19.2 Å². The van der Waals surface area contributed by atoms with E-state index in [4.69, 9.17) is 9.47 Å². The average molecular weight is 528 g/mol. The summed E-state index contributed by atoms with van der Waals surface area (Å²) in [6, 6.07) is 16.6. The molecule has 1 heterocycles. The standard InChI is InChI=1S/C30H29N3O6/c1-5-38-26-16-21(9-13-25(26)39-17-27(34)31-22-10-6-18(2)7-11-22)15-24-28(35)32-30(37)33(29(24)36)23-12-8-19(3)20(4)14-23/h6-16H,5,17H2,1-4H3,(H,31,34)(H,32,35,37)/b24-15+. The number of nitrogens with one attached hydrogen (secondary N) is 2. The Morgan fingerprint density at radius 2 is 1.64 bits per heavy atom. The molecule has 5 amide bonds. The highest BCUT2D eigenvalue weighted by Gasteiger charge is 2.37. The van der Waals surface area contributed by atoms with Crippen LogP contribution in [-0.2, 0) is 14.4 Å². The van der Waals surface area contributed by atoms with Crippen LogP contribution < -0.4 is 25.0 Å². The minimum absolute atomic E-state index is 0.207. The third-order valence-electron chi connectivity index (χ3n) is 6.12. The van der Waals surface area contributed by atoms with Crippen LogP contribution in [0.15, 0.2) is 66.2 Å². The molecule has 39 heavy (non-hydrogen) atoms. The molecule has 0 radical (unpaired) electrons. The normalized spacial score (nSPS) is 14.3. The number of hydrogen-bond donors (Lipinski definition) is 2. The SMILES string of the molecule is CCOc1cc(/C=C2\C(=O)NC(=O)N(c3ccc(C)c(C)c3)C2=O)ccc1OCC(=O)Nc1ccc(C)cc1. The third kappa shape index (κ3) is 6.32. The summed E-state index contributed by atoms with van der Waals surface area (Å²) < 4.78 is 11.4. The minimum atomic E-state index is -0.812. The molecule has 9 nitrogen and oxygen atoms in total. The highest BCUT2D eigenvalue weighted by atomic mass is 16.5. The largest absolute Gasteiger partial charge is 0.490 e. The molecule has 0 aromatic heterocycles. The summed E-state index contributed by atoms with van der Waals surface area (Å²) >= 11 is 0. The predicted molar refractivity (Wildman–Crippen MR) is 148 cm³/mol. The number of carbonyl (C=O) groups is 4. The van der Waals surface area contributed by atoms with Crippen LogP contribution in [0.2, 0.25) is 0 Å². The number of benzene rings is 3. The van der Waals surface area contributed by atoms with Gasteiger partial charge in [0.25, 0.3) is 17.7 Å². The maximum Gasteiger partial charge on any atom is 0.335 e. The molecule has 0 unspecified atom stereocenters. The molecule has 200 valence electrons. The number of nitrogens with zero attached hydrogens (tertiary/aromatic N) is 1. The van der Waals surface area contributed by atoms with Gasteiger partial charge in [-0.05, 0) is 86.9 Å². The van der Waals surface area contributed by atoms with Crippen molar-refractivity contribution in [1.82, 2.24) is 5.32 Å². The van der Waals surface area contributed by atoms with Crippen molar-refractivity contribution in [3.8, 4) is 11.5 Å². The zero-order valence-corrected chi connectivity index (χ0v) is 22.2. The minimum Gasteiger partial charge on any atom is -0.490 e. The van der Waals surface area contributed by atoms with Crippen LogP contribution in [0.25, 0.3) is 6.08 Å². The number of anilines is 2. The second-order valence-electron chi connectivity index (χ2n) is 9.07. The molecule has 9 heteroatoms. The molecule has 0 atom stereocenters. The number of imide groups is 2. The summed E-state index contributed by atoms with van der Waals surface area (Å²) in [6.45, 7) is 7.62. The van der Waals surface area contributed by atoms with E-state index in [0.717, 1.165) is 21.6 Å². The molecule has 3 aromatic carbocycles. The summed E-state index contributed by atoms with van der Waals surface area (Å²) in [4.78, 5) is 51.7. The molecular weight excluding hydrogens is 498 g/mol. The zero-order chi connectivity index (χ0) is 28.1. The first kappa shape index (κ1) is 27.1. The lowest BCUT2D eigenvalue weighted by Gasteiger charge is -2.27. The lowest BCUT2D eigenvalue weighted by atomic mass is 10.0. The summed E-state index contributed by atoms with van der Waals surface area (Å²) in [5, 5.41) is 4.99. The molecule has 1 aliphatic heterocycles. The number of barbiturate groups is 1. The second kappa shape index (κ2) is 11.6. The number of aryl methyl sites for hydroxylation is 3. The van der Waals surface area contributed by atoms with Gasteiger partial charge < -0.3 is 14.8 Å². The van der Waals surface area contributed by atoms with E-state index in [1.54, 1.807) is 55.5 Å². The second-order valence-corrected chi connectivity index (χ2v) is 9.07. The van der Waals surface area contributed by atoms with E-state index in [1.807, 2.05) is 32.9 Å². The van der Waals surface area contributed by atoms with Gasteiger partial charge in [-0.1, -0.05) is 29.8 Å². The fourth-order valence-corrected chi connectivity index (χ4v) is 3.90. The fraction of sp³-hybridized carbons (Fsp3) is 0.200. The number of rotatable bonds is 8. The van der Waals surface area contributed by atoms with Crippen molar-refractivity contribution in [3.05, 3.63) is 88.5 Å². The van der Waals surface area contributed by atoms with Crippen LogP contribution in [0.5, 0.6) is 11.5 Å². The van der Waals surface area contributed by atoms with Gasteiger partial charge in [0.05, 0.1) is 12.3 Å². The van der Waals surface area contributed by atoms with Gasteiger partial charge in [-0.25, -0.2) is 9.69 Å². The van der Waals surface area contributed by atoms with Crippen molar-refractivity contribution in [1.29, 1.82) is 0 Å². The molecule has 4 rings (SSSR count). The highest BCUT2D eigenvalue weighted by Crippen LogP contribution is 2.30. The van der Waals surface area contributed by atoms with Gasteiger partial charge in [-0.2, -0.15) is 0 Å². The van der Waals surface area contributed by atoms with Crippen molar-refractivity contribution >= 4 is 41.2 Å². The summed E-state index contributed by atoms with van der Waals surface area (Å²) in [5.41, 5.74) is 4.28. The number of urea groups is 1. The number of carbonyl (C=O) groups excluding carboxylic acids is 4. The number of hydrogen-bond acceptors (Lipinski definition) is 6. The van der Waals surface area contributed by atoms with Crippen molar-refractivity contribution < 1.29 is 28.7 Å². The lowest BCUT2D eigenvalue weighted by molar-refractivity contribution is -0.122. The van der Waals surface area contributed by atoms with Gasteiger partial charge >= 0.3 is 6.03 Å². The molecule has 1 saturated heterocycles. The smallest absolute Gasteiger partial charge is 0.335 e. The van der Waals surface area contributed by atoms with E-state index in [0.29, 0.717) is 35.0 Å². The van der Waals surface area contributed by atoms with Crippen LogP contribution in [0.3, 0.4) is 0 Å². The summed E-state index contributed by atoms with van der Waals surface area (Å²) in [5.74, 6) is -1.22. The molecule has 0 spiro atoms. The fourth-order valence-electron chi connectivity index (χ4n) is 3.90. The summed E-state index contributed by atoms with van der Waals surface area (Å²) in [7, 11) is 0. The van der Waals surface area contributed by atoms with E-state index in [2.05, 4.69) is 10.6 Å². The van der Waals surface area contributed by atoms with Gasteiger partial charge in [0.2, 0.25) is 0 Å². The van der Waals surface area contributed by atoms with Crippen LogP contribution >= 0.6 is 0 Å². The molecule has 2 N–H and O–H groups in total. The molecular formula is C30H29N3O6. The van der Waals surface area contributed by atoms with E-state index in [-0.39, 0.29) is 18.1 Å². The van der Waals surface area contributed by atoms with Gasteiger partial charge in [0, 0.05) is 5.69 Å². The van der Waals surface area contributed by atoms with Crippen LogP contribution in [0.4, 0.5) is 16.2 Å². The van der Waals surface area contributed by atoms with Gasteiger partial charge in [-0.3, -0.25) is 19.7 Å². The molecule has 0 saturated carbocycles. The Balaban J connectivity index is 1.54. The molecule has 1 fully saturated rings. The predicted octanol–water partition coefficient (Wildman–Crippen LogP) is 4.69. The topological polar surface area (TPSA) is 114 Å². The Morgan fingerprint density at radius 1 is 0.897 bits per heavy atom. The zero-order valence-electron chi connectivity index (χ0n) is 22.2. The number of ether oxygens (including phenoxy) is 2. The van der Waals surface area contributed by atoms with E-state index in [1.165, 1.54) is 6.08 Å². The Hall–Kier alpha value is -4.92.